The van der Waals surface area contributed by atoms with Crippen molar-refractivity contribution in [2.75, 3.05) is 54.6 Å². The van der Waals surface area contributed by atoms with Crippen molar-refractivity contribution in [3.63, 3.8) is 0 Å². The summed E-state index contributed by atoms with van der Waals surface area (Å²) in [6.07, 6.45) is 7.99. The number of hydrogen-bond donors (Lipinski definition) is 4. The predicted molar refractivity (Wildman–Crippen MR) is 332 cm³/mol. The molecular weight excluding hydrogens is 1200 g/mol. The number of aryl methyl sites for hydroxylation is 2. The van der Waals surface area contributed by atoms with E-state index in [4.69, 9.17) is 20.4 Å². The third-order valence-corrected chi connectivity index (χ3v) is 16.2. The van der Waals surface area contributed by atoms with Gasteiger partial charge in [0.1, 0.15) is 0 Å². The second-order valence-corrected chi connectivity index (χ2v) is 21.5. The molecule has 1 aliphatic heterocycles. The van der Waals surface area contributed by atoms with Crippen LogP contribution in [0.1, 0.15) is 66.9 Å². The van der Waals surface area contributed by atoms with Gasteiger partial charge in [0.15, 0.2) is 0 Å². The molecule has 1 heterocycles. The molecule has 0 amide bonds. The van der Waals surface area contributed by atoms with Crippen molar-refractivity contribution in [3.8, 4) is 11.5 Å². The zero-order chi connectivity index (χ0) is 60.1. The molecule has 4 bridgehead atoms. The fourth-order valence-corrected chi connectivity index (χ4v) is 12.6. The molecule has 84 heavy (non-hydrogen) atoms. The first-order chi connectivity index (χ1) is 40.0. The van der Waals surface area contributed by atoms with Crippen LogP contribution in [0.4, 0.5) is 0 Å². The van der Waals surface area contributed by atoms with Gasteiger partial charge in [-0.2, -0.15) is 0 Å². The minimum Gasteiger partial charge on any atom is -0.872 e. The van der Waals surface area contributed by atoms with E-state index in [1.807, 2.05) is 123 Å². The van der Waals surface area contributed by atoms with Crippen molar-refractivity contribution in [3.05, 3.63) is 239 Å². The second-order valence-electron chi connectivity index (χ2n) is 17.1. The Bertz CT molecular complexity index is 2900. The van der Waals surface area contributed by atoms with Gasteiger partial charge in [-0.05, 0) is 131 Å². The van der Waals surface area contributed by atoms with Gasteiger partial charge in [-0.1, -0.05) is 193 Å². The molecule has 8 aromatic carbocycles. The SMILES string of the molecule is CO.CO.CO.CO.Cc1cc2c([O-])c(c1)C=NCCCN=Cc1cc(C)cc(c1[O-])C=NCCCN=C2.O=C([O-])c1cccc(P(c2ccccc2)c2ccccc2)c1.O=C([O-])c1cccc(P(c2ccccc2)c2ccccc2)c1.[Zn+2].[Zn+2]. The number of carbonyl (C=O) groups excluding carboxylic acids is 2. The first kappa shape index (κ1) is 74.9. The number of rotatable bonds is 8. The number of benzene rings is 8. The third kappa shape index (κ3) is 24.6. The summed E-state index contributed by atoms with van der Waals surface area (Å²) < 4.78 is 0. The van der Waals surface area contributed by atoms with Crippen LogP contribution in [-0.4, -0.2) is 112 Å². The number of nitrogens with zero attached hydrogens (tertiary/aromatic N) is 4. The van der Waals surface area contributed by atoms with E-state index < -0.39 is 27.8 Å². The minimum absolute atomic E-state index is 0. The van der Waals surface area contributed by atoms with Gasteiger partial charge < -0.3 is 50.4 Å². The third-order valence-electron chi connectivity index (χ3n) is 11.4. The number of aromatic carboxylic acids is 2. The Morgan fingerprint density at radius 3 is 0.810 bits per heavy atom. The van der Waals surface area contributed by atoms with Crippen LogP contribution in [-0.2, 0) is 39.0 Å². The van der Waals surface area contributed by atoms with Crippen LogP contribution in [0.5, 0.6) is 11.5 Å². The smallest absolute Gasteiger partial charge is 0.872 e. The number of aliphatic hydroxyl groups excluding tert-OH is 4. The summed E-state index contributed by atoms with van der Waals surface area (Å²) in [5.74, 6) is -2.40. The molecule has 18 heteroatoms. The molecule has 4 N–H and O–H groups in total. The van der Waals surface area contributed by atoms with E-state index in [1.165, 1.54) is 21.2 Å². The van der Waals surface area contributed by atoms with E-state index in [1.54, 1.807) is 61.3 Å². The van der Waals surface area contributed by atoms with Crippen LogP contribution in [0.2, 0.25) is 0 Å². The van der Waals surface area contributed by atoms with Crippen molar-refractivity contribution in [2.45, 2.75) is 26.7 Å². The summed E-state index contributed by atoms with van der Waals surface area (Å²) in [4.78, 5) is 39.8. The van der Waals surface area contributed by atoms with Crippen LogP contribution >= 0.6 is 15.8 Å². The molecule has 14 nitrogen and oxygen atoms in total. The Kier molecular flexibility index (Phi) is 38.9. The maximum atomic E-state index is 12.6. The summed E-state index contributed by atoms with van der Waals surface area (Å²) in [6.45, 7) is 6.15. The fraction of sp³-hybridized carbons (Fsp3) is 0.182. The molecule has 8 aromatic rings. The Balaban J connectivity index is 0.000000595. The maximum absolute atomic E-state index is 12.6. The Labute approximate surface area is 521 Å². The minimum atomic E-state index is -1.14. The standard InChI is InChI=1S/C24H28N4O2.2C19H15O2P.4CH4O.2Zn/c1-17-9-19-13-25-5-3-7-27-15-21-11-18(2)12-22(24(21)30)16-28-8-4-6-26-14-20(10-17)23(19)29;2*20-19(21)15-8-7-13-18(14-15)22(16-9-3-1-4-10-16)17-11-5-2-6-12-17;4*1-2;;/h9-16,29-30H,3-8H2,1-2H3;2*1-14H,(H,20,21);4*2H,1H3;;/q;;;;;;;2*+2/p-4. The van der Waals surface area contributed by atoms with Gasteiger partial charge in [0.2, 0.25) is 0 Å². The normalized spacial score (nSPS) is 11.3. The van der Waals surface area contributed by atoms with E-state index >= 15 is 0 Å². The zero-order valence-corrected chi connectivity index (χ0v) is 56.1. The van der Waals surface area contributed by atoms with Crippen molar-refractivity contribution < 1.29 is 89.4 Å². The zero-order valence-electron chi connectivity index (χ0n) is 48.4. The number of carbonyl (C=O) groups is 2. The first-order valence-corrected chi connectivity index (χ1v) is 28.6. The van der Waals surface area contributed by atoms with Gasteiger partial charge in [0, 0.05) is 79.5 Å². The monoisotopic (exact) mass is 1270 g/mol. The summed E-state index contributed by atoms with van der Waals surface area (Å²) in [5.41, 5.74) is 4.72. The number of aliphatic hydroxyl groups is 4. The molecule has 0 spiro atoms. The van der Waals surface area contributed by atoms with Gasteiger partial charge in [-0.15, -0.1) is 0 Å². The number of fused-ring (bicyclic) bond motifs is 4. The second kappa shape index (κ2) is 43.6. The molecule has 0 atom stereocenters. The molecule has 0 fully saturated rings. The summed E-state index contributed by atoms with van der Waals surface area (Å²) in [7, 11) is 2.44. The summed E-state index contributed by atoms with van der Waals surface area (Å²) in [6, 6.07) is 62.2. The molecule has 0 aromatic heterocycles. The molecule has 0 unspecified atom stereocenters. The van der Waals surface area contributed by atoms with Crippen molar-refractivity contribution in [1.29, 1.82) is 0 Å². The predicted octanol–water partition coefficient (Wildman–Crippen LogP) is 4.67. The van der Waals surface area contributed by atoms with E-state index in [2.05, 4.69) is 68.5 Å². The Hall–Kier alpha value is -7.07. The maximum Gasteiger partial charge on any atom is 2.00 e. The van der Waals surface area contributed by atoms with Crippen LogP contribution in [0.25, 0.3) is 0 Å². The van der Waals surface area contributed by atoms with Gasteiger partial charge in [0.05, 0.1) is 11.9 Å². The fourth-order valence-electron chi connectivity index (χ4n) is 7.95. The van der Waals surface area contributed by atoms with Crippen molar-refractivity contribution >= 4 is 84.5 Å². The average Bonchev–Trinajstić information content (AvgIpc) is 3.61. The van der Waals surface area contributed by atoms with Crippen LogP contribution < -0.4 is 52.3 Å². The topological polar surface area (TPSA) is 257 Å². The number of aliphatic imine (C=N–C) groups is 4. The molecule has 0 saturated heterocycles. The molecular formula is C66H70N4O10P2Zn2. The van der Waals surface area contributed by atoms with Crippen molar-refractivity contribution in [1.82, 2.24) is 0 Å². The molecule has 1 aliphatic rings. The van der Waals surface area contributed by atoms with E-state index in [0.29, 0.717) is 48.4 Å². The summed E-state index contributed by atoms with van der Waals surface area (Å²) in [5, 5.41) is 82.3. The Morgan fingerprint density at radius 2 is 0.583 bits per heavy atom. The number of hydrogen-bond acceptors (Lipinski definition) is 14. The van der Waals surface area contributed by atoms with Gasteiger partial charge >= 0.3 is 39.0 Å². The van der Waals surface area contributed by atoms with Gasteiger partial charge in [0.25, 0.3) is 0 Å². The van der Waals surface area contributed by atoms with Crippen LogP contribution in [0, 0.1) is 13.8 Å². The van der Waals surface area contributed by atoms with Crippen LogP contribution in [0.15, 0.2) is 214 Å². The van der Waals surface area contributed by atoms with E-state index in [9.17, 15) is 30.0 Å². The van der Waals surface area contributed by atoms with E-state index in [-0.39, 0.29) is 61.6 Å². The Morgan fingerprint density at radius 1 is 0.357 bits per heavy atom. The number of carboxylic acids is 2. The first-order valence-electron chi connectivity index (χ1n) is 25.9. The molecule has 428 valence electrons. The van der Waals surface area contributed by atoms with Gasteiger partial charge in [-0.3, -0.25) is 20.0 Å². The molecule has 0 saturated carbocycles. The molecule has 0 aliphatic carbocycles. The quantitative estimate of drug-likeness (QED) is 0.121. The summed E-state index contributed by atoms with van der Waals surface area (Å²) >= 11 is 0. The molecule has 9 rings (SSSR count). The largest absolute Gasteiger partial charge is 2.00 e. The molecule has 0 radical (unpaired) electrons. The van der Waals surface area contributed by atoms with E-state index in [0.717, 1.165) is 63.0 Å². The van der Waals surface area contributed by atoms with Crippen molar-refractivity contribution in [2.24, 2.45) is 20.0 Å². The number of carboxylic acid groups (broad SMARTS) is 2. The van der Waals surface area contributed by atoms with Gasteiger partial charge in [-0.25, -0.2) is 0 Å². The van der Waals surface area contributed by atoms with Crippen LogP contribution in [0.3, 0.4) is 0 Å². The average molecular weight is 1270 g/mol.